The van der Waals surface area contributed by atoms with E-state index in [-0.39, 0.29) is 0 Å². The average molecular weight is 178 g/mol. The van der Waals surface area contributed by atoms with Gasteiger partial charge in [-0.3, -0.25) is 4.57 Å². The molecule has 0 fully saturated rings. The zero-order chi connectivity index (χ0) is 8.91. The first-order valence-electron chi connectivity index (χ1n) is 3.44. The third-order valence-corrected chi connectivity index (χ3v) is 2.72. The lowest BCUT2D eigenvalue weighted by atomic mass is 10.2. The second-order valence-corrected chi connectivity index (χ2v) is 4.60. The Hall–Kier alpha value is -0.110. The van der Waals surface area contributed by atoms with Crippen LogP contribution < -0.4 is 0 Å². The van der Waals surface area contributed by atoms with Crippen LogP contribution in [-0.2, 0) is 13.6 Å². The van der Waals surface area contributed by atoms with Crippen molar-refractivity contribution in [1.29, 1.82) is 0 Å². The fourth-order valence-corrected chi connectivity index (χ4v) is 1.42. The molecule has 0 radical (unpaired) electrons. The lowest BCUT2D eigenvalue weighted by molar-refractivity contribution is 0.286. The summed E-state index contributed by atoms with van der Waals surface area (Å²) >= 11 is 0. The van der Waals surface area contributed by atoms with Gasteiger partial charge in [0.2, 0.25) is 0 Å². The van der Waals surface area contributed by atoms with E-state index in [4.69, 9.17) is 0 Å². The SMILES string of the molecule is COP(=O)(/C=C/C(C)C)OC. The molecule has 11 heavy (non-hydrogen) atoms. The van der Waals surface area contributed by atoms with Crippen LogP contribution in [-0.4, -0.2) is 14.2 Å². The van der Waals surface area contributed by atoms with Crippen molar-refractivity contribution in [1.82, 2.24) is 0 Å². The second-order valence-electron chi connectivity index (χ2n) is 2.49. The quantitative estimate of drug-likeness (QED) is 0.621. The first-order valence-corrected chi connectivity index (χ1v) is 5.06. The summed E-state index contributed by atoms with van der Waals surface area (Å²) in [6.45, 7) is 3.98. The summed E-state index contributed by atoms with van der Waals surface area (Å²) in [4.78, 5) is 0. The van der Waals surface area contributed by atoms with Gasteiger partial charge in [0.25, 0.3) is 0 Å². The maximum atomic E-state index is 11.3. The van der Waals surface area contributed by atoms with Crippen LogP contribution in [0.15, 0.2) is 11.9 Å². The highest BCUT2D eigenvalue weighted by Crippen LogP contribution is 2.48. The fraction of sp³-hybridized carbons (Fsp3) is 0.714. The third kappa shape index (κ3) is 4.35. The molecule has 0 aromatic rings. The molecule has 0 aliphatic rings. The lowest BCUT2D eigenvalue weighted by Gasteiger charge is -2.08. The van der Waals surface area contributed by atoms with Crippen molar-refractivity contribution in [2.24, 2.45) is 5.92 Å². The average Bonchev–Trinajstić information content (AvgIpc) is 2.00. The van der Waals surface area contributed by atoms with Gasteiger partial charge in [-0.2, -0.15) is 0 Å². The predicted molar refractivity (Wildman–Crippen MR) is 45.6 cm³/mol. The van der Waals surface area contributed by atoms with Gasteiger partial charge in [0.1, 0.15) is 0 Å². The summed E-state index contributed by atoms with van der Waals surface area (Å²) in [6.07, 6.45) is 1.80. The Morgan fingerprint density at radius 3 is 2.00 bits per heavy atom. The molecule has 0 atom stereocenters. The normalized spacial score (nSPS) is 13.2. The highest BCUT2D eigenvalue weighted by Gasteiger charge is 2.15. The molecule has 3 nitrogen and oxygen atoms in total. The van der Waals surface area contributed by atoms with Crippen molar-refractivity contribution in [3.05, 3.63) is 11.9 Å². The van der Waals surface area contributed by atoms with Crippen molar-refractivity contribution in [2.75, 3.05) is 14.2 Å². The zero-order valence-corrected chi connectivity index (χ0v) is 8.30. The van der Waals surface area contributed by atoms with E-state index in [9.17, 15) is 4.57 Å². The lowest BCUT2D eigenvalue weighted by Crippen LogP contribution is -1.85. The van der Waals surface area contributed by atoms with Gasteiger partial charge in [0.05, 0.1) is 0 Å². The molecule has 0 aliphatic carbocycles. The maximum Gasteiger partial charge on any atom is 0.353 e. The molecule has 0 spiro atoms. The summed E-state index contributed by atoms with van der Waals surface area (Å²) in [5.41, 5.74) is 0. The van der Waals surface area contributed by atoms with Crippen molar-refractivity contribution in [3.8, 4) is 0 Å². The van der Waals surface area contributed by atoms with Crippen molar-refractivity contribution in [3.63, 3.8) is 0 Å². The van der Waals surface area contributed by atoms with Crippen LogP contribution >= 0.6 is 7.60 Å². The number of hydrogen-bond acceptors (Lipinski definition) is 3. The van der Waals surface area contributed by atoms with E-state index < -0.39 is 7.60 Å². The van der Waals surface area contributed by atoms with E-state index >= 15 is 0 Å². The summed E-state index contributed by atoms with van der Waals surface area (Å²) in [6, 6.07) is 0. The summed E-state index contributed by atoms with van der Waals surface area (Å²) in [5.74, 6) is 1.84. The van der Waals surface area contributed by atoms with Gasteiger partial charge in [-0.25, -0.2) is 0 Å². The molecule has 0 aromatic carbocycles. The van der Waals surface area contributed by atoms with Crippen LogP contribution in [0.25, 0.3) is 0 Å². The monoisotopic (exact) mass is 178 g/mol. The van der Waals surface area contributed by atoms with Crippen LogP contribution in [0.1, 0.15) is 13.8 Å². The van der Waals surface area contributed by atoms with Crippen LogP contribution in [0.4, 0.5) is 0 Å². The second kappa shape index (κ2) is 4.70. The zero-order valence-electron chi connectivity index (χ0n) is 7.40. The molecule has 0 N–H and O–H groups in total. The van der Waals surface area contributed by atoms with E-state index in [0.29, 0.717) is 5.92 Å². The van der Waals surface area contributed by atoms with E-state index in [0.717, 1.165) is 0 Å². The molecule has 0 unspecified atom stereocenters. The van der Waals surface area contributed by atoms with Gasteiger partial charge >= 0.3 is 7.60 Å². The largest absolute Gasteiger partial charge is 0.353 e. The van der Waals surface area contributed by atoms with Crippen molar-refractivity contribution < 1.29 is 13.6 Å². The van der Waals surface area contributed by atoms with E-state index in [2.05, 4.69) is 9.05 Å². The molecule has 0 heterocycles. The molecular weight excluding hydrogens is 163 g/mol. The molecule has 0 bridgehead atoms. The first-order chi connectivity index (χ1) is 5.04. The smallest absolute Gasteiger partial charge is 0.309 e. The Morgan fingerprint density at radius 1 is 1.27 bits per heavy atom. The number of hydrogen-bond donors (Lipinski definition) is 0. The Labute approximate surface area is 67.9 Å². The maximum absolute atomic E-state index is 11.3. The fourth-order valence-electron chi connectivity index (χ4n) is 0.474. The molecule has 66 valence electrons. The molecule has 0 aromatic heterocycles. The van der Waals surface area contributed by atoms with Crippen LogP contribution in [0, 0.1) is 5.92 Å². The summed E-state index contributed by atoms with van der Waals surface area (Å²) < 4.78 is 20.7. The first kappa shape index (κ1) is 10.9. The Balaban J connectivity index is 4.19. The Kier molecular flexibility index (Phi) is 4.66. The predicted octanol–water partition coefficient (Wildman–Crippen LogP) is 2.64. The van der Waals surface area contributed by atoms with E-state index in [1.54, 1.807) is 6.08 Å². The van der Waals surface area contributed by atoms with Crippen LogP contribution in [0.5, 0.6) is 0 Å². The molecule has 0 rings (SSSR count). The van der Waals surface area contributed by atoms with Crippen molar-refractivity contribution >= 4 is 7.60 Å². The minimum atomic E-state index is -2.92. The molecule has 0 aliphatic heterocycles. The molecule has 4 heteroatoms. The van der Waals surface area contributed by atoms with Crippen molar-refractivity contribution in [2.45, 2.75) is 13.8 Å². The molecular formula is C7H15O3P. The molecule has 0 saturated carbocycles. The summed E-state index contributed by atoms with van der Waals surface area (Å²) in [5, 5.41) is 0. The molecule has 0 saturated heterocycles. The minimum Gasteiger partial charge on any atom is -0.309 e. The minimum absolute atomic E-state index is 0.355. The highest BCUT2D eigenvalue weighted by molar-refractivity contribution is 7.57. The number of rotatable bonds is 4. The van der Waals surface area contributed by atoms with E-state index in [1.165, 1.54) is 20.0 Å². The van der Waals surface area contributed by atoms with Crippen LogP contribution in [0.3, 0.4) is 0 Å². The van der Waals surface area contributed by atoms with Gasteiger partial charge in [0.15, 0.2) is 0 Å². The van der Waals surface area contributed by atoms with Gasteiger partial charge < -0.3 is 9.05 Å². The molecule has 0 amide bonds. The third-order valence-electron chi connectivity index (χ3n) is 1.16. The Bertz CT molecular complexity index is 167. The number of allylic oxidation sites excluding steroid dienone is 1. The Morgan fingerprint density at radius 2 is 1.73 bits per heavy atom. The summed E-state index contributed by atoms with van der Waals surface area (Å²) in [7, 11) is -0.176. The van der Waals surface area contributed by atoms with Gasteiger partial charge in [0, 0.05) is 20.0 Å². The highest BCUT2D eigenvalue weighted by atomic mass is 31.2. The topological polar surface area (TPSA) is 35.5 Å². The van der Waals surface area contributed by atoms with Gasteiger partial charge in [-0.1, -0.05) is 19.9 Å². The van der Waals surface area contributed by atoms with Gasteiger partial charge in [-0.15, -0.1) is 0 Å². The van der Waals surface area contributed by atoms with Crippen LogP contribution in [0.2, 0.25) is 0 Å². The van der Waals surface area contributed by atoms with Gasteiger partial charge in [-0.05, 0) is 5.92 Å². The standard InChI is InChI=1S/C7H15O3P/c1-7(2)5-6-11(8,9-3)10-4/h5-7H,1-4H3/b6-5+. The van der Waals surface area contributed by atoms with E-state index in [1.807, 2.05) is 13.8 Å².